The molecule has 2 aromatic carbocycles. The molecular weight excluding hydrogens is 381 g/mol. The lowest BCUT2D eigenvalue weighted by Gasteiger charge is -2.28. The molecule has 156 valence electrons. The fourth-order valence-electron chi connectivity index (χ4n) is 3.49. The molecule has 30 heavy (non-hydrogen) atoms. The normalized spacial score (nSPS) is 15.9. The van der Waals surface area contributed by atoms with E-state index in [1.54, 1.807) is 16.8 Å². The largest absolute Gasteiger partial charge is 0.493 e. The van der Waals surface area contributed by atoms with E-state index in [1.165, 1.54) is 12.1 Å². The summed E-state index contributed by atoms with van der Waals surface area (Å²) in [5.74, 6) is 1.47. The van der Waals surface area contributed by atoms with Crippen LogP contribution in [-0.4, -0.2) is 35.4 Å². The molecule has 2 N–H and O–H groups in total. The van der Waals surface area contributed by atoms with Crippen LogP contribution in [0.5, 0.6) is 5.75 Å². The van der Waals surface area contributed by atoms with Crippen molar-refractivity contribution >= 4 is 5.96 Å². The van der Waals surface area contributed by atoms with Crippen molar-refractivity contribution in [3.8, 4) is 11.4 Å². The maximum Gasteiger partial charge on any atom is 0.191 e. The molecule has 3 aromatic rings. The molecule has 1 atom stereocenters. The molecule has 1 unspecified atom stereocenters. The van der Waals surface area contributed by atoms with Crippen LogP contribution in [-0.2, 0) is 6.42 Å². The van der Waals surface area contributed by atoms with Gasteiger partial charge in [0, 0.05) is 37.7 Å². The van der Waals surface area contributed by atoms with Crippen LogP contribution in [0.25, 0.3) is 5.69 Å². The van der Waals surface area contributed by atoms with E-state index in [0.29, 0.717) is 13.2 Å². The lowest BCUT2D eigenvalue weighted by Crippen LogP contribution is -2.41. The zero-order valence-corrected chi connectivity index (χ0v) is 17.0. The van der Waals surface area contributed by atoms with Crippen molar-refractivity contribution in [3.63, 3.8) is 0 Å². The zero-order valence-electron chi connectivity index (χ0n) is 17.0. The Bertz CT molecular complexity index is 999. The molecule has 0 saturated carbocycles. The fraction of sp³-hybridized carbons (Fsp3) is 0.304. The summed E-state index contributed by atoms with van der Waals surface area (Å²) in [6, 6.07) is 16.6. The molecule has 0 aliphatic carbocycles. The average molecular weight is 407 g/mol. The highest BCUT2D eigenvalue weighted by Gasteiger charge is 2.21. The van der Waals surface area contributed by atoms with Crippen LogP contribution in [0.2, 0.25) is 0 Å². The predicted molar refractivity (Wildman–Crippen MR) is 116 cm³/mol. The number of guanidine groups is 1. The molecule has 1 aliphatic heterocycles. The van der Waals surface area contributed by atoms with Gasteiger partial charge < -0.3 is 15.4 Å². The fourth-order valence-corrected chi connectivity index (χ4v) is 3.49. The molecule has 0 saturated heterocycles. The van der Waals surface area contributed by atoms with Gasteiger partial charge in [-0.3, -0.25) is 4.99 Å². The molecule has 0 spiro atoms. The molecule has 2 heterocycles. The summed E-state index contributed by atoms with van der Waals surface area (Å²) in [6.07, 6.45) is 3.49. The van der Waals surface area contributed by atoms with Gasteiger partial charge >= 0.3 is 0 Å². The van der Waals surface area contributed by atoms with Gasteiger partial charge in [-0.25, -0.2) is 9.07 Å². The molecule has 6 nitrogen and oxygen atoms in total. The second-order valence-corrected chi connectivity index (χ2v) is 7.11. The van der Waals surface area contributed by atoms with Crippen LogP contribution in [0, 0.1) is 5.82 Å². The van der Waals surface area contributed by atoms with Crippen molar-refractivity contribution in [2.75, 3.05) is 19.7 Å². The second kappa shape index (κ2) is 9.43. The van der Waals surface area contributed by atoms with Crippen molar-refractivity contribution in [1.29, 1.82) is 0 Å². The Kier molecular flexibility index (Phi) is 6.27. The molecule has 0 amide bonds. The Morgan fingerprint density at radius 2 is 2.03 bits per heavy atom. The minimum atomic E-state index is -0.254. The van der Waals surface area contributed by atoms with E-state index in [9.17, 15) is 4.39 Å². The quantitative estimate of drug-likeness (QED) is 0.484. The number of aromatic nitrogens is 2. The molecule has 1 aromatic heterocycles. The number of hydrogen-bond acceptors (Lipinski definition) is 3. The van der Waals surface area contributed by atoms with Crippen LogP contribution in [0.15, 0.2) is 65.8 Å². The van der Waals surface area contributed by atoms with Gasteiger partial charge in [0.15, 0.2) is 5.96 Å². The first-order valence-corrected chi connectivity index (χ1v) is 10.3. The molecular formula is C23H26FN5O. The number of ether oxygens (including phenoxy) is 1. The summed E-state index contributed by atoms with van der Waals surface area (Å²) >= 11 is 0. The number of fused-ring (bicyclic) bond motifs is 1. The van der Waals surface area contributed by atoms with Crippen molar-refractivity contribution in [2.24, 2.45) is 4.99 Å². The van der Waals surface area contributed by atoms with Gasteiger partial charge in [-0.05, 0) is 43.3 Å². The average Bonchev–Trinajstić information content (AvgIpc) is 3.23. The van der Waals surface area contributed by atoms with Crippen molar-refractivity contribution in [1.82, 2.24) is 20.4 Å². The van der Waals surface area contributed by atoms with E-state index in [4.69, 9.17) is 9.73 Å². The number of nitrogens with one attached hydrogen (secondary N) is 2. The van der Waals surface area contributed by atoms with Gasteiger partial charge in [-0.15, -0.1) is 0 Å². The summed E-state index contributed by atoms with van der Waals surface area (Å²) in [5, 5.41) is 11.4. The van der Waals surface area contributed by atoms with E-state index in [0.717, 1.165) is 48.0 Å². The van der Waals surface area contributed by atoms with Gasteiger partial charge in [-0.2, -0.15) is 5.10 Å². The van der Waals surface area contributed by atoms with Crippen molar-refractivity contribution in [2.45, 2.75) is 25.8 Å². The summed E-state index contributed by atoms with van der Waals surface area (Å²) in [6.45, 7) is 4.14. The molecule has 0 fully saturated rings. The van der Waals surface area contributed by atoms with Gasteiger partial charge in [0.2, 0.25) is 0 Å². The first-order valence-electron chi connectivity index (χ1n) is 10.3. The maximum absolute atomic E-state index is 13.1. The number of benzene rings is 2. The van der Waals surface area contributed by atoms with Crippen LogP contribution in [0.3, 0.4) is 0 Å². The third-order valence-corrected chi connectivity index (χ3v) is 4.99. The monoisotopic (exact) mass is 407 g/mol. The number of halogens is 1. The van der Waals surface area contributed by atoms with E-state index in [1.807, 2.05) is 30.5 Å². The summed E-state index contributed by atoms with van der Waals surface area (Å²) in [7, 11) is 0. The Balaban J connectivity index is 1.39. The molecule has 4 rings (SSSR count). The SMILES string of the molecule is CCNC(=NCCc1ccn(-c2ccc(F)cc2)n1)NC1CCOc2ccccc21. The molecule has 1 aliphatic rings. The standard InChI is InChI=1S/C23H26FN5O/c1-2-25-23(27-21-13-16-30-22-6-4-3-5-20(21)22)26-14-11-18-12-15-29(28-18)19-9-7-17(24)8-10-19/h3-10,12,15,21H,2,11,13-14,16H2,1H3,(H2,25,26,27). The Labute approximate surface area is 175 Å². The zero-order chi connectivity index (χ0) is 20.8. The summed E-state index contributed by atoms with van der Waals surface area (Å²) in [4.78, 5) is 4.72. The number of hydrogen-bond donors (Lipinski definition) is 2. The lowest BCUT2D eigenvalue weighted by molar-refractivity contribution is 0.261. The Morgan fingerprint density at radius 1 is 1.20 bits per heavy atom. The first kappa shape index (κ1) is 19.9. The van der Waals surface area contributed by atoms with E-state index < -0.39 is 0 Å². The van der Waals surface area contributed by atoms with Gasteiger partial charge in [-0.1, -0.05) is 18.2 Å². The second-order valence-electron chi connectivity index (χ2n) is 7.11. The number of nitrogens with zero attached hydrogens (tertiary/aromatic N) is 3. The number of rotatable bonds is 6. The summed E-state index contributed by atoms with van der Waals surface area (Å²) < 4.78 is 20.6. The first-order chi connectivity index (χ1) is 14.7. The number of para-hydroxylation sites is 1. The van der Waals surface area contributed by atoms with Gasteiger partial charge in [0.1, 0.15) is 11.6 Å². The minimum absolute atomic E-state index is 0.172. The van der Waals surface area contributed by atoms with Crippen LogP contribution in [0.4, 0.5) is 4.39 Å². The number of aliphatic imine (C=N–C) groups is 1. The maximum atomic E-state index is 13.1. The van der Waals surface area contributed by atoms with Crippen molar-refractivity contribution < 1.29 is 9.13 Å². The van der Waals surface area contributed by atoms with E-state index in [2.05, 4.69) is 28.7 Å². The minimum Gasteiger partial charge on any atom is -0.493 e. The highest BCUT2D eigenvalue weighted by molar-refractivity contribution is 5.80. The van der Waals surface area contributed by atoms with Crippen LogP contribution >= 0.6 is 0 Å². The topological polar surface area (TPSA) is 63.5 Å². The van der Waals surface area contributed by atoms with Gasteiger partial charge in [0.05, 0.1) is 24.0 Å². The summed E-state index contributed by atoms with van der Waals surface area (Å²) in [5.41, 5.74) is 2.93. The lowest BCUT2D eigenvalue weighted by atomic mass is 10.0. The molecule has 0 radical (unpaired) electrons. The van der Waals surface area contributed by atoms with Crippen LogP contribution < -0.4 is 15.4 Å². The predicted octanol–water partition coefficient (Wildman–Crippen LogP) is 3.63. The van der Waals surface area contributed by atoms with E-state index in [-0.39, 0.29) is 11.9 Å². The Morgan fingerprint density at radius 3 is 2.87 bits per heavy atom. The highest BCUT2D eigenvalue weighted by atomic mass is 19.1. The molecule has 7 heteroatoms. The van der Waals surface area contributed by atoms with Crippen LogP contribution in [0.1, 0.15) is 30.6 Å². The third-order valence-electron chi connectivity index (χ3n) is 4.99. The third kappa shape index (κ3) is 4.79. The highest BCUT2D eigenvalue weighted by Crippen LogP contribution is 2.31. The van der Waals surface area contributed by atoms with Crippen molar-refractivity contribution in [3.05, 3.63) is 77.9 Å². The van der Waals surface area contributed by atoms with E-state index >= 15 is 0 Å². The Hall–Kier alpha value is -3.35. The smallest absolute Gasteiger partial charge is 0.191 e. The van der Waals surface area contributed by atoms with Gasteiger partial charge in [0.25, 0.3) is 0 Å². The molecule has 0 bridgehead atoms.